The fourth-order valence-corrected chi connectivity index (χ4v) is 2.43. The van der Waals surface area contributed by atoms with Gasteiger partial charge in [0.25, 0.3) is 5.91 Å². The first-order valence-corrected chi connectivity index (χ1v) is 7.84. The Bertz CT molecular complexity index is 737. The second-order valence-electron chi connectivity index (χ2n) is 4.56. The number of hydrogen-bond acceptors (Lipinski definition) is 3. The van der Waals surface area contributed by atoms with E-state index >= 15 is 0 Å². The van der Waals surface area contributed by atoms with Gasteiger partial charge < -0.3 is 15.4 Å². The smallest absolute Gasteiger partial charge is 0.255 e. The number of carbonyl (C=O) groups excluding carboxylic acids is 2. The van der Waals surface area contributed by atoms with Crippen LogP contribution in [0.25, 0.3) is 0 Å². The van der Waals surface area contributed by atoms with E-state index in [4.69, 9.17) is 16.3 Å². The summed E-state index contributed by atoms with van der Waals surface area (Å²) in [6.07, 6.45) is 0. The molecule has 0 radical (unpaired) electrons. The Morgan fingerprint density at radius 2 is 1.96 bits per heavy atom. The lowest BCUT2D eigenvalue weighted by Crippen LogP contribution is -2.33. The van der Waals surface area contributed by atoms with E-state index in [1.165, 1.54) is 13.2 Å². The fourth-order valence-electron chi connectivity index (χ4n) is 1.87. The predicted molar refractivity (Wildman–Crippen MR) is 93.1 cm³/mol. The fraction of sp³-hybridized carbons (Fsp3) is 0.125. The van der Waals surface area contributed by atoms with Crippen LogP contribution >= 0.6 is 27.5 Å². The Kier molecular flexibility index (Phi) is 6.01. The molecule has 0 fully saturated rings. The summed E-state index contributed by atoms with van der Waals surface area (Å²) in [5.74, 6) is -0.393. The highest BCUT2D eigenvalue weighted by Crippen LogP contribution is 2.23. The summed E-state index contributed by atoms with van der Waals surface area (Å²) in [6, 6.07) is 11.9. The highest BCUT2D eigenvalue weighted by molar-refractivity contribution is 9.10. The van der Waals surface area contributed by atoms with E-state index < -0.39 is 5.91 Å². The van der Waals surface area contributed by atoms with Gasteiger partial charge in [-0.25, -0.2) is 0 Å². The van der Waals surface area contributed by atoms with Crippen molar-refractivity contribution in [2.45, 2.75) is 0 Å². The van der Waals surface area contributed by atoms with E-state index in [1.54, 1.807) is 24.3 Å². The Morgan fingerprint density at radius 1 is 1.22 bits per heavy atom. The SMILES string of the molecule is COc1ccc(Cl)cc1C(=O)NCC(=O)Nc1ccccc1Br. The summed E-state index contributed by atoms with van der Waals surface area (Å²) in [7, 11) is 1.46. The molecule has 23 heavy (non-hydrogen) atoms. The third-order valence-electron chi connectivity index (χ3n) is 2.96. The monoisotopic (exact) mass is 396 g/mol. The van der Waals surface area contributed by atoms with Gasteiger partial charge in [0.2, 0.25) is 5.91 Å². The molecular weight excluding hydrogens is 384 g/mol. The number of anilines is 1. The van der Waals surface area contributed by atoms with E-state index in [2.05, 4.69) is 26.6 Å². The van der Waals surface area contributed by atoms with Gasteiger partial charge in [-0.3, -0.25) is 9.59 Å². The zero-order chi connectivity index (χ0) is 16.8. The lowest BCUT2D eigenvalue weighted by Gasteiger charge is -2.10. The summed E-state index contributed by atoms with van der Waals surface area (Å²) in [4.78, 5) is 24.1. The molecule has 0 spiro atoms. The van der Waals surface area contributed by atoms with E-state index in [0.29, 0.717) is 16.5 Å². The first-order valence-electron chi connectivity index (χ1n) is 6.67. The quantitative estimate of drug-likeness (QED) is 0.812. The number of para-hydroxylation sites is 1. The van der Waals surface area contributed by atoms with Gasteiger partial charge in [-0.05, 0) is 46.3 Å². The Hall–Kier alpha value is -2.05. The number of carbonyl (C=O) groups is 2. The third-order valence-corrected chi connectivity index (χ3v) is 3.89. The van der Waals surface area contributed by atoms with Crippen LogP contribution in [0.15, 0.2) is 46.9 Å². The molecule has 2 aromatic rings. The molecule has 0 saturated carbocycles. The molecule has 2 rings (SSSR count). The summed E-state index contributed by atoms with van der Waals surface area (Å²) in [5.41, 5.74) is 0.903. The Labute approximate surface area is 147 Å². The average molecular weight is 398 g/mol. The molecule has 5 nitrogen and oxygen atoms in total. The van der Waals surface area contributed by atoms with Gasteiger partial charge in [0, 0.05) is 9.50 Å². The molecule has 0 unspecified atom stereocenters. The first-order chi connectivity index (χ1) is 11.0. The second kappa shape index (κ2) is 7.99. The van der Waals surface area contributed by atoms with E-state index in [0.717, 1.165) is 4.47 Å². The molecule has 0 bridgehead atoms. The van der Waals surface area contributed by atoms with Crippen LogP contribution < -0.4 is 15.4 Å². The zero-order valence-electron chi connectivity index (χ0n) is 12.2. The number of hydrogen-bond donors (Lipinski definition) is 2. The molecule has 0 saturated heterocycles. The molecule has 7 heteroatoms. The zero-order valence-corrected chi connectivity index (χ0v) is 14.6. The molecule has 0 aliphatic carbocycles. The minimum absolute atomic E-state index is 0.171. The molecule has 0 aliphatic rings. The Morgan fingerprint density at radius 3 is 2.65 bits per heavy atom. The number of benzene rings is 2. The number of rotatable bonds is 5. The molecule has 0 heterocycles. The topological polar surface area (TPSA) is 67.4 Å². The van der Waals surface area contributed by atoms with Gasteiger partial charge >= 0.3 is 0 Å². The van der Waals surface area contributed by atoms with Gasteiger partial charge in [-0.15, -0.1) is 0 Å². The van der Waals surface area contributed by atoms with Crippen LogP contribution in [-0.4, -0.2) is 25.5 Å². The average Bonchev–Trinajstić information content (AvgIpc) is 2.54. The normalized spacial score (nSPS) is 10.0. The molecule has 120 valence electrons. The van der Waals surface area contributed by atoms with Crippen molar-refractivity contribution in [3.8, 4) is 5.75 Å². The van der Waals surface area contributed by atoms with Crippen molar-refractivity contribution < 1.29 is 14.3 Å². The Balaban J connectivity index is 1.98. The maximum atomic E-state index is 12.2. The van der Waals surface area contributed by atoms with Crippen LogP contribution in [0.3, 0.4) is 0 Å². The maximum Gasteiger partial charge on any atom is 0.255 e. The van der Waals surface area contributed by atoms with Gasteiger partial charge in [-0.1, -0.05) is 23.7 Å². The van der Waals surface area contributed by atoms with Crippen LogP contribution in [0.4, 0.5) is 5.69 Å². The first kappa shape index (κ1) is 17.3. The number of methoxy groups -OCH3 is 1. The third kappa shape index (κ3) is 4.71. The minimum Gasteiger partial charge on any atom is -0.496 e. The molecular formula is C16H14BrClN2O3. The molecule has 0 atom stereocenters. The predicted octanol–water partition coefficient (Wildman–Crippen LogP) is 3.48. The van der Waals surface area contributed by atoms with Gasteiger partial charge in [0.15, 0.2) is 0 Å². The van der Waals surface area contributed by atoms with Crippen LogP contribution in [-0.2, 0) is 4.79 Å². The van der Waals surface area contributed by atoms with Gasteiger partial charge in [0.05, 0.1) is 24.9 Å². The van der Waals surface area contributed by atoms with E-state index in [1.807, 2.05) is 12.1 Å². The standard InChI is InChI=1S/C16H14BrClN2O3/c1-23-14-7-6-10(18)8-11(14)16(22)19-9-15(21)20-13-5-3-2-4-12(13)17/h2-8H,9H2,1H3,(H,19,22)(H,20,21). The molecule has 2 aromatic carbocycles. The van der Waals surface area contributed by atoms with E-state index in [-0.39, 0.29) is 18.0 Å². The molecule has 0 aromatic heterocycles. The highest BCUT2D eigenvalue weighted by atomic mass is 79.9. The summed E-state index contributed by atoms with van der Waals surface area (Å²) in [6.45, 7) is -0.171. The van der Waals surface area contributed by atoms with Gasteiger partial charge in [-0.2, -0.15) is 0 Å². The summed E-state index contributed by atoms with van der Waals surface area (Å²) >= 11 is 9.22. The van der Waals surface area contributed by atoms with Crippen molar-refractivity contribution >= 4 is 45.0 Å². The lowest BCUT2D eigenvalue weighted by atomic mass is 10.2. The summed E-state index contributed by atoms with van der Waals surface area (Å²) in [5, 5.41) is 5.65. The van der Waals surface area contributed by atoms with Crippen molar-refractivity contribution in [3.05, 3.63) is 57.5 Å². The van der Waals surface area contributed by atoms with E-state index in [9.17, 15) is 9.59 Å². The van der Waals surface area contributed by atoms with Crippen molar-refractivity contribution in [1.82, 2.24) is 5.32 Å². The van der Waals surface area contributed by atoms with Crippen LogP contribution in [0.2, 0.25) is 5.02 Å². The number of nitrogens with one attached hydrogen (secondary N) is 2. The maximum absolute atomic E-state index is 12.2. The highest BCUT2D eigenvalue weighted by Gasteiger charge is 2.14. The minimum atomic E-state index is -0.438. The largest absolute Gasteiger partial charge is 0.496 e. The van der Waals surface area contributed by atoms with Crippen LogP contribution in [0.1, 0.15) is 10.4 Å². The van der Waals surface area contributed by atoms with Crippen molar-refractivity contribution in [3.63, 3.8) is 0 Å². The molecule has 0 aliphatic heterocycles. The van der Waals surface area contributed by atoms with Crippen molar-refractivity contribution in [2.24, 2.45) is 0 Å². The van der Waals surface area contributed by atoms with Gasteiger partial charge in [0.1, 0.15) is 5.75 Å². The summed E-state index contributed by atoms with van der Waals surface area (Å²) < 4.78 is 5.87. The molecule has 2 amide bonds. The number of halogens is 2. The van der Waals surface area contributed by atoms with Crippen molar-refractivity contribution in [1.29, 1.82) is 0 Å². The number of ether oxygens (including phenoxy) is 1. The lowest BCUT2D eigenvalue weighted by molar-refractivity contribution is -0.115. The van der Waals surface area contributed by atoms with Crippen molar-refractivity contribution in [2.75, 3.05) is 19.0 Å². The second-order valence-corrected chi connectivity index (χ2v) is 5.85. The van der Waals surface area contributed by atoms with Crippen LogP contribution in [0.5, 0.6) is 5.75 Å². The van der Waals surface area contributed by atoms with Crippen LogP contribution in [0, 0.1) is 0 Å². The number of amides is 2. The molecule has 2 N–H and O–H groups in total.